The third-order valence-corrected chi connectivity index (χ3v) is 8.19. The van der Waals surface area contributed by atoms with Gasteiger partial charge in [0.25, 0.3) is 0 Å². The summed E-state index contributed by atoms with van der Waals surface area (Å²) < 4.78 is 63.5. The van der Waals surface area contributed by atoms with Crippen molar-refractivity contribution in [1.29, 1.82) is 5.26 Å². The molecule has 6 N–H and O–H groups in total. The van der Waals surface area contributed by atoms with Crippen LogP contribution < -0.4 is 21.3 Å². The first-order valence-corrected chi connectivity index (χ1v) is 16.8. The standard InChI is InChI=1S/C31H28ClN9O2.2C2HF3O2/c32-26-17-35-30-37-25-11-20(15-34-16-25)1-4-22-13-24(36-29(26)40-30)7-8-27(22)39-28(42)12-21-9-10-41(18-21)31(43)38-23-5-2-19(14-33)3-6-23;2*3-2(4,5)1(6)7/h2-3,5-8,11,13,15-17,21H,1,4,9-10,12,18H2,(H,38,43)(H,39,42)(H2,35,36,37,40);2*(H,6,7)/t21-;;/m1../s1. The number of urea groups is 1. The number of halogens is 7. The zero-order valence-corrected chi connectivity index (χ0v) is 29.8. The van der Waals surface area contributed by atoms with E-state index in [9.17, 15) is 35.9 Å². The zero-order chi connectivity index (χ0) is 41.9. The van der Waals surface area contributed by atoms with Crippen LogP contribution in [0, 0.1) is 17.2 Å². The number of carboxylic acids is 2. The Hall–Kier alpha value is -6.69. The Bertz CT molecular complexity index is 2130. The van der Waals surface area contributed by atoms with Crippen LogP contribution in [-0.4, -0.2) is 79.4 Å². The number of carbonyl (C=O) groups excluding carboxylic acids is 2. The molecular weight excluding hydrogens is 792 g/mol. The second kappa shape index (κ2) is 18.8. The topological polar surface area (TPSA) is 223 Å². The highest BCUT2D eigenvalue weighted by molar-refractivity contribution is 6.32. The summed E-state index contributed by atoms with van der Waals surface area (Å²) in [5.74, 6) is -4.71. The minimum Gasteiger partial charge on any atom is -0.475 e. The van der Waals surface area contributed by atoms with Gasteiger partial charge in [0.05, 0.1) is 29.7 Å². The number of likely N-dealkylation sites (tertiary alicyclic amines) is 1. The van der Waals surface area contributed by atoms with Crippen molar-refractivity contribution in [3.05, 3.63) is 88.8 Å². The maximum Gasteiger partial charge on any atom is 0.490 e. The Labute approximate surface area is 323 Å². The largest absolute Gasteiger partial charge is 0.490 e. The Kier molecular flexibility index (Phi) is 14.2. The van der Waals surface area contributed by atoms with E-state index in [2.05, 4.69) is 42.3 Å². The third kappa shape index (κ3) is 13.2. The number of nitriles is 1. The molecule has 4 aromatic rings. The van der Waals surface area contributed by atoms with E-state index in [1.54, 1.807) is 35.4 Å². The molecule has 2 aromatic heterocycles. The number of alkyl halides is 6. The number of rotatable bonds is 4. The van der Waals surface area contributed by atoms with Crippen LogP contribution in [0.25, 0.3) is 0 Å². The lowest BCUT2D eigenvalue weighted by atomic mass is 10.0. The Morgan fingerprint density at radius 1 is 0.895 bits per heavy atom. The highest BCUT2D eigenvalue weighted by Gasteiger charge is 2.39. The molecule has 4 heterocycles. The first kappa shape index (κ1) is 43.0. The van der Waals surface area contributed by atoms with Gasteiger partial charge in [-0.25, -0.2) is 19.4 Å². The Balaban J connectivity index is 0.000000440. The van der Waals surface area contributed by atoms with Gasteiger partial charge in [-0.15, -0.1) is 0 Å². The molecule has 2 aliphatic heterocycles. The van der Waals surface area contributed by atoms with E-state index in [-0.39, 0.29) is 17.9 Å². The number of hydrogen-bond acceptors (Lipinski definition) is 10. The summed E-state index contributed by atoms with van der Waals surface area (Å²) in [4.78, 5) is 58.6. The van der Waals surface area contributed by atoms with Gasteiger partial charge in [-0.05, 0) is 84.8 Å². The average molecular weight is 822 g/mol. The molecule has 57 heavy (non-hydrogen) atoms. The van der Waals surface area contributed by atoms with Crippen LogP contribution in [-0.2, 0) is 27.2 Å². The van der Waals surface area contributed by atoms with E-state index >= 15 is 0 Å². The van der Waals surface area contributed by atoms with Crippen molar-refractivity contribution in [2.24, 2.45) is 5.92 Å². The van der Waals surface area contributed by atoms with E-state index in [4.69, 9.17) is 36.7 Å². The molecule has 0 saturated carbocycles. The average Bonchev–Trinajstić information content (AvgIpc) is 3.61. The van der Waals surface area contributed by atoms with Gasteiger partial charge in [0.15, 0.2) is 5.82 Å². The minimum absolute atomic E-state index is 0.0492. The number of pyridine rings is 1. The molecule has 2 aromatic carbocycles. The van der Waals surface area contributed by atoms with Gasteiger partial charge in [-0.2, -0.15) is 36.6 Å². The lowest BCUT2D eigenvalue weighted by molar-refractivity contribution is -0.193. The highest BCUT2D eigenvalue weighted by atomic mass is 35.5. The molecule has 0 spiro atoms. The number of fused-ring (bicyclic) bond motifs is 6. The predicted molar refractivity (Wildman–Crippen MR) is 192 cm³/mol. The third-order valence-electron chi connectivity index (χ3n) is 7.92. The zero-order valence-electron chi connectivity index (χ0n) is 29.1. The van der Waals surface area contributed by atoms with Crippen molar-refractivity contribution in [3.8, 4) is 6.07 Å². The van der Waals surface area contributed by atoms with Crippen molar-refractivity contribution >= 4 is 70.0 Å². The van der Waals surface area contributed by atoms with Crippen LogP contribution in [0.5, 0.6) is 0 Å². The van der Waals surface area contributed by atoms with Crippen LogP contribution in [0.4, 0.5) is 65.7 Å². The van der Waals surface area contributed by atoms with Crippen molar-refractivity contribution in [2.75, 3.05) is 34.4 Å². The number of anilines is 6. The molecule has 2 aliphatic rings. The summed E-state index contributed by atoms with van der Waals surface area (Å²) in [5, 5.41) is 36.0. The second-order valence-corrected chi connectivity index (χ2v) is 12.6. The summed E-state index contributed by atoms with van der Waals surface area (Å²) >= 11 is 6.37. The Morgan fingerprint density at radius 2 is 1.56 bits per heavy atom. The number of nitrogens with one attached hydrogen (secondary N) is 4. The number of hydrogen-bond donors (Lipinski definition) is 6. The number of amides is 3. The summed E-state index contributed by atoms with van der Waals surface area (Å²) in [6.45, 7) is 1.06. The molecule has 0 radical (unpaired) electrons. The summed E-state index contributed by atoms with van der Waals surface area (Å²) in [7, 11) is 0. The minimum atomic E-state index is -5.08. The predicted octanol–water partition coefficient (Wildman–Crippen LogP) is 7.13. The number of nitrogens with zero attached hydrogens (tertiary/aromatic N) is 5. The molecule has 1 saturated heterocycles. The normalized spacial score (nSPS) is 14.4. The smallest absolute Gasteiger partial charge is 0.475 e. The number of carbonyl (C=O) groups is 4. The number of benzene rings is 2. The van der Waals surface area contributed by atoms with Gasteiger partial charge < -0.3 is 36.4 Å². The quantitative estimate of drug-likeness (QED) is 0.113. The van der Waals surface area contributed by atoms with Gasteiger partial charge in [0, 0.05) is 42.8 Å². The van der Waals surface area contributed by atoms with Gasteiger partial charge >= 0.3 is 30.3 Å². The fourth-order valence-corrected chi connectivity index (χ4v) is 5.37. The number of aryl methyl sites for hydroxylation is 2. The van der Waals surface area contributed by atoms with Crippen molar-refractivity contribution < 1.29 is 55.7 Å². The van der Waals surface area contributed by atoms with E-state index in [1.165, 1.54) is 6.20 Å². The van der Waals surface area contributed by atoms with Crippen LogP contribution in [0.3, 0.4) is 0 Å². The number of aliphatic carboxylic acids is 2. The number of carboxylic acid groups (broad SMARTS) is 2. The van der Waals surface area contributed by atoms with E-state index in [0.717, 1.165) is 34.6 Å². The molecule has 6 bridgehead atoms. The molecular formula is C35H30ClF6N9O6. The van der Waals surface area contributed by atoms with Crippen molar-refractivity contribution in [3.63, 3.8) is 0 Å². The van der Waals surface area contributed by atoms with Crippen molar-refractivity contribution in [2.45, 2.75) is 38.0 Å². The molecule has 300 valence electrons. The summed E-state index contributed by atoms with van der Waals surface area (Å²) in [6, 6.07) is 16.3. The highest BCUT2D eigenvalue weighted by Crippen LogP contribution is 2.30. The molecule has 0 unspecified atom stereocenters. The van der Waals surface area contributed by atoms with Gasteiger partial charge in [-0.1, -0.05) is 11.6 Å². The van der Waals surface area contributed by atoms with Crippen LogP contribution in [0.15, 0.2) is 67.1 Å². The summed E-state index contributed by atoms with van der Waals surface area (Å²) in [5.41, 5.74) is 5.41. The van der Waals surface area contributed by atoms with Gasteiger partial charge in [-0.3, -0.25) is 9.78 Å². The van der Waals surface area contributed by atoms with Gasteiger partial charge in [0.2, 0.25) is 11.9 Å². The fourth-order valence-electron chi connectivity index (χ4n) is 5.23. The fraction of sp³-hybridized carbons (Fsp3) is 0.257. The van der Waals surface area contributed by atoms with Crippen LogP contribution in [0.2, 0.25) is 5.02 Å². The molecule has 1 fully saturated rings. The SMILES string of the molecule is N#Cc1ccc(NC(=O)N2CC[C@H](CC(=O)Nc3ccc4cc3CCc3cncc(c3)Nc3ncc(Cl)c(n3)N4)C2)cc1.O=C(O)C(F)(F)F.O=C(O)C(F)(F)F. The molecule has 3 amide bonds. The molecule has 6 rings (SSSR count). The first-order chi connectivity index (χ1) is 26.8. The monoisotopic (exact) mass is 821 g/mol. The van der Waals surface area contributed by atoms with Crippen molar-refractivity contribution in [1.82, 2.24) is 19.9 Å². The van der Waals surface area contributed by atoms with E-state index in [0.29, 0.717) is 60.4 Å². The lowest BCUT2D eigenvalue weighted by Gasteiger charge is -2.18. The van der Waals surface area contributed by atoms with Crippen LogP contribution in [0.1, 0.15) is 29.5 Å². The molecule has 22 heteroatoms. The second-order valence-electron chi connectivity index (χ2n) is 12.2. The maximum absolute atomic E-state index is 13.2. The van der Waals surface area contributed by atoms with Crippen LogP contribution >= 0.6 is 11.6 Å². The molecule has 15 nitrogen and oxygen atoms in total. The number of aromatic nitrogens is 3. The van der Waals surface area contributed by atoms with E-state index in [1.807, 2.05) is 30.5 Å². The van der Waals surface area contributed by atoms with E-state index < -0.39 is 24.3 Å². The summed E-state index contributed by atoms with van der Waals surface area (Å²) in [6.07, 6.45) is -2.68. The maximum atomic E-state index is 13.2. The molecule has 0 aliphatic carbocycles. The first-order valence-electron chi connectivity index (χ1n) is 16.4. The lowest BCUT2D eigenvalue weighted by Crippen LogP contribution is -2.33. The van der Waals surface area contributed by atoms with Gasteiger partial charge in [0.1, 0.15) is 5.02 Å². The Morgan fingerprint density at radius 3 is 2.19 bits per heavy atom. The molecule has 1 atom stereocenters.